The number of nitrogens with zero attached hydrogens (tertiary/aromatic N) is 3. The zero-order chi connectivity index (χ0) is 13.8. The van der Waals surface area contributed by atoms with Crippen LogP contribution in [0.2, 0.25) is 0 Å². The van der Waals surface area contributed by atoms with E-state index in [4.69, 9.17) is 10.3 Å². The lowest BCUT2D eigenvalue weighted by Crippen LogP contribution is -2.11. The molecule has 0 unspecified atom stereocenters. The molecule has 2 aromatic rings. The van der Waals surface area contributed by atoms with Crippen LogP contribution in [0.25, 0.3) is 11.4 Å². The molecule has 19 heavy (non-hydrogen) atoms. The largest absolute Gasteiger partial charge is 0.337 e. The molecule has 5 nitrogen and oxygen atoms in total. The molecule has 2 N–H and O–H groups in total. The van der Waals surface area contributed by atoms with Crippen LogP contribution in [0.5, 0.6) is 0 Å². The highest BCUT2D eigenvalue weighted by Gasteiger charge is 2.15. The molecule has 0 aliphatic rings. The fourth-order valence-corrected chi connectivity index (χ4v) is 2.32. The minimum Gasteiger partial charge on any atom is -0.337 e. The molecule has 102 valence electrons. The van der Waals surface area contributed by atoms with Gasteiger partial charge < -0.3 is 10.3 Å². The van der Waals surface area contributed by atoms with E-state index in [-0.39, 0.29) is 6.04 Å². The van der Waals surface area contributed by atoms with E-state index in [1.54, 1.807) is 11.8 Å². The van der Waals surface area contributed by atoms with Crippen molar-refractivity contribution < 1.29 is 4.52 Å². The SMILES string of the molecule is CSCC[C@@H](N)c1nc(-c2cc(C)nc(C)c2)no1. The Bertz CT molecular complexity index is 535. The van der Waals surface area contributed by atoms with Crippen molar-refractivity contribution in [2.75, 3.05) is 12.0 Å². The third-order valence-electron chi connectivity index (χ3n) is 2.73. The molecular formula is C13H18N4OS. The van der Waals surface area contributed by atoms with Gasteiger partial charge in [-0.15, -0.1) is 0 Å². The van der Waals surface area contributed by atoms with Crippen LogP contribution in [0, 0.1) is 13.8 Å². The number of aromatic nitrogens is 3. The molecule has 0 spiro atoms. The Hall–Kier alpha value is -1.40. The second-order valence-electron chi connectivity index (χ2n) is 4.48. The molecule has 1 atom stereocenters. The lowest BCUT2D eigenvalue weighted by atomic mass is 10.2. The van der Waals surface area contributed by atoms with E-state index in [0.717, 1.165) is 29.1 Å². The minimum atomic E-state index is -0.197. The monoisotopic (exact) mass is 278 g/mol. The van der Waals surface area contributed by atoms with E-state index in [9.17, 15) is 0 Å². The summed E-state index contributed by atoms with van der Waals surface area (Å²) < 4.78 is 5.24. The second-order valence-corrected chi connectivity index (χ2v) is 5.47. The van der Waals surface area contributed by atoms with Gasteiger partial charge in [-0.05, 0) is 44.4 Å². The highest BCUT2D eigenvalue weighted by atomic mass is 32.2. The molecule has 0 fully saturated rings. The van der Waals surface area contributed by atoms with E-state index >= 15 is 0 Å². The van der Waals surface area contributed by atoms with Gasteiger partial charge in [0, 0.05) is 17.0 Å². The van der Waals surface area contributed by atoms with E-state index < -0.39 is 0 Å². The number of rotatable bonds is 5. The van der Waals surface area contributed by atoms with Crippen molar-refractivity contribution >= 4 is 11.8 Å². The molecule has 0 aliphatic carbocycles. The lowest BCUT2D eigenvalue weighted by Gasteiger charge is -2.03. The average Bonchev–Trinajstić information content (AvgIpc) is 2.84. The van der Waals surface area contributed by atoms with Crippen molar-refractivity contribution in [1.29, 1.82) is 0 Å². The maximum atomic E-state index is 6.01. The van der Waals surface area contributed by atoms with Crippen molar-refractivity contribution in [3.05, 3.63) is 29.4 Å². The molecule has 2 aromatic heterocycles. The summed E-state index contributed by atoms with van der Waals surface area (Å²) in [6, 6.07) is 3.68. The lowest BCUT2D eigenvalue weighted by molar-refractivity contribution is 0.353. The normalized spacial score (nSPS) is 12.6. The van der Waals surface area contributed by atoms with Crippen LogP contribution in [-0.2, 0) is 0 Å². The third kappa shape index (κ3) is 3.54. The zero-order valence-electron chi connectivity index (χ0n) is 11.4. The van der Waals surface area contributed by atoms with Crippen LogP contribution in [0.1, 0.15) is 29.7 Å². The number of hydrogen-bond acceptors (Lipinski definition) is 6. The van der Waals surface area contributed by atoms with E-state index in [1.165, 1.54) is 0 Å². The highest BCUT2D eigenvalue weighted by Crippen LogP contribution is 2.21. The molecule has 0 radical (unpaired) electrons. The molecule has 0 saturated heterocycles. The smallest absolute Gasteiger partial charge is 0.243 e. The topological polar surface area (TPSA) is 77.8 Å². The van der Waals surface area contributed by atoms with Gasteiger partial charge >= 0.3 is 0 Å². The van der Waals surface area contributed by atoms with Gasteiger partial charge in [-0.3, -0.25) is 4.98 Å². The maximum Gasteiger partial charge on any atom is 0.243 e. The number of nitrogens with two attached hydrogens (primary N) is 1. The second kappa shape index (κ2) is 6.16. The van der Waals surface area contributed by atoms with Crippen molar-refractivity contribution in [2.45, 2.75) is 26.3 Å². The van der Waals surface area contributed by atoms with E-state index in [2.05, 4.69) is 21.4 Å². The maximum absolute atomic E-state index is 6.01. The number of pyridine rings is 1. The Morgan fingerprint density at radius 3 is 2.58 bits per heavy atom. The van der Waals surface area contributed by atoms with Gasteiger partial charge in [0.05, 0.1) is 6.04 Å². The summed E-state index contributed by atoms with van der Waals surface area (Å²) in [5, 5.41) is 4.00. The molecule has 2 rings (SSSR count). The average molecular weight is 278 g/mol. The Morgan fingerprint density at radius 1 is 1.26 bits per heavy atom. The summed E-state index contributed by atoms with van der Waals surface area (Å²) in [5.74, 6) is 2.05. The first-order valence-corrected chi connectivity index (χ1v) is 7.53. The Kier molecular flexibility index (Phi) is 4.55. The molecule has 0 bridgehead atoms. The van der Waals surface area contributed by atoms with Crippen LogP contribution < -0.4 is 5.73 Å². The number of hydrogen-bond donors (Lipinski definition) is 1. The van der Waals surface area contributed by atoms with Gasteiger partial charge in [-0.2, -0.15) is 16.7 Å². The van der Waals surface area contributed by atoms with Crippen molar-refractivity contribution in [3.63, 3.8) is 0 Å². The minimum absolute atomic E-state index is 0.197. The third-order valence-corrected chi connectivity index (χ3v) is 3.38. The summed E-state index contributed by atoms with van der Waals surface area (Å²) >= 11 is 1.75. The van der Waals surface area contributed by atoms with Gasteiger partial charge in [0.25, 0.3) is 0 Å². The number of thioether (sulfide) groups is 1. The first kappa shape index (κ1) is 14.0. The van der Waals surface area contributed by atoms with Crippen molar-refractivity contribution in [1.82, 2.24) is 15.1 Å². The molecule has 0 aromatic carbocycles. The first-order valence-electron chi connectivity index (χ1n) is 6.14. The van der Waals surface area contributed by atoms with Crippen LogP contribution in [0.15, 0.2) is 16.7 Å². The van der Waals surface area contributed by atoms with Gasteiger partial charge in [0.15, 0.2) is 0 Å². The van der Waals surface area contributed by atoms with E-state index in [0.29, 0.717) is 11.7 Å². The van der Waals surface area contributed by atoms with Gasteiger partial charge in [-0.25, -0.2) is 0 Å². The summed E-state index contributed by atoms with van der Waals surface area (Å²) in [6.07, 6.45) is 2.88. The molecular weight excluding hydrogens is 260 g/mol. The van der Waals surface area contributed by atoms with E-state index in [1.807, 2.05) is 26.0 Å². The van der Waals surface area contributed by atoms with Crippen molar-refractivity contribution in [2.24, 2.45) is 5.73 Å². The fourth-order valence-electron chi connectivity index (χ4n) is 1.83. The highest BCUT2D eigenvalue weighted by molar-refractivity contribution is 7.98. The Labute approximate surface area is 117 Å². The molecule has 0 saturated carbocycles. The van der Waals surface area contributed by atoms with Gasteiger partial charge in [0.1, 0.15) is 0 Å². The predicted molar refractivity (Wildman–Crippen MR) is 76.9 cm³/mol. The fraction of sp³-hybridized carbons (Fsp3) is 0.462. The van der Waals surface area contributed by atoms with Gasteiger partial charge in [-0.1, -0.05) is 5.16 Å². The summed E-state index contributed by atoms with van der Waals surface area (Å²) in [7, 11) is 0. The predicted octanol–water partition coefficient (Wildman–Crippen LogP) is 2.50. The van der Waals surface area contributed by atoms with Crippen LogP contribution in [0.4, 0.5) is 0 Å². The standard InChI is InChI=1S/C13H18N4OS/c1-8-6-10(7-9(2)15-8)12-16-13(18-17-12)11(14)4-5-19-3/h6-7,11H,4-5,14H2,1-3H3/t11-/m1/s1. The zero-order valence-corrected chi connectivity index (χ0v) is 12.2. The quantitative estimate of drug-likeness (QED) is 0.905. The number of aryl methyl sites for hydroxylation is 2. The Balaban J connectivity index is 2.20. The molecule has 0 aliphatic heterocycles. The first-order chi connectivity index (χ1) is 9.10. The summed E-state index contributed by atoms with van der Waals surface area (Å²) in [5.41, 5.74) is 8.80. The summed E-state index contributed by atoms with van der Waals surface area (Å²) in [6.45, 7) is 3.89. The van der Waals surface area contributed by atoms with Crippen LogP contribution >= 0.6 is 11.8 Å². The molecule has 0 amide bonds. The van der Waals surface area contributed by atoms with Crippen molar-refractivity contribution in [3.8, 4) is 11.4 Å². The Morgan fingerprint density at radius 2 is 1.95 bits per heavy atom. The molecule has 2 heterocycles. The van der Waals surface area contributed by atoms with Crippen LogP contribution in [0.3, 0.4) is 0 Å². The van der Waals surface area contributed by atoms with Gasteiger partial charge in [0.2, 0.25) is 11.7 Å². The summed E-state index contributed by atoms with van der Waals surface area (Å²) in [4.78, 5) is 8.70. The molecule has 6 heteroatoms. The van der Waals surface area contributed by atoms with Crippen LogP contribution in [-0.4, -0.2) is 27.1 Å².